The molecule has 0 aliphatic rings. The van der Waals surface area contributed by atoms with Crippen molar-refractivity contribution in [3.63, 3.8) is 0 Å². The van der Waals surface area contributed by atoms with Crippen LogP contribution in [0.2, 0.25) is 0 Å². The van der Waals surface area contributed by atoms with Crippen LogP contribution in [0.25, 0.3) is 6.08 Å². The summed E-state index contributed by atoms with van der Waals surface area (Å²) in [5.74, 6) is -2.07. The first-order valence-corrected chi connectivity index (χ1v) is 8.83. The summed E-state index contributed by atoms with van der Waals surface area (Å²) in [6, 6.07) is 10.4. The van der Waals surface area contributed by atoms with Gasteiger partial charge in [-0.2, -0.15) is 0 Å². The summed E-state index contributed by atoms with van der Waals surface area (Å²) in [6.45, 7) is 0. The molecule has 0 spiro atoms. The Morgan fingerprint density at radius 3 is 2.60 bits per heavy atom. The van der Waals surface area contributed by atoms with Crippen LogP contribution in [0, 0.1) is 11.6 Å². The molecule has 0 saturated heterocycles. The van der Waals surface area contributed by atoms with Crippen LogP contribution in [-0.4, -0.2) is 17.6 Å². The standard InChI is InChI=1S/C17H13BrF2N2O2S/c18-12-6-7-13(19)11(9-12)5-8-16(23)21-22-17(24)10-25-15-4-2-1-3-14(15)20/h1-9H,10H2,(H,21,23)(H,22,24)/b8-5+. The highest BCUT2D eigenvalue weighted by atomic mass is 79.9. The average Bonchev–Trinajstić information content (AvgIpc) is 2.60. The van der Waals surface area contributed by atoms with Crippen molar-refractivity contribution in [1.29, 1.82) is 0 Å². The number of rotatable bonds is 5. The van der Waals surface area contributed by atoms with Gasteiger partial charge in [-0.25, -0.2) is 8.78 Å². The van der Waals surface area contributed by atoms with Crippen molar-refractivity contribution in [2.45, 2.75) is 4.90 Å². The topological polar surface area (TPSA) is 58.2 Å². The number of hydrogen-bond acceptors (Lipinski definition) is 3. The summed E-state index contributed by atoms with van der Waals surface area (Å²) in [4.78, 5) is 23.6. The van der Waals surface area contributed by atoms with Gasteiger partial charge in [0.05, 0.1) is 5.75 Å². The number of halogens is 3. The van der Waals surface area contributed by atoms with Crippen molar-refractivity contribution in [3.05, 3.63) is 70.2 Å². The summed E-state index contributed by atoms with van der Waals surface area (Å²) < 4.78 is 27.6. The van der Waals surface area contributed by atoms with Crippen LogP contribution >= 0.6 is 27.7 Å². The highest BCUT2D eigenvalue weighted by molar-refractivity contribution is 9.10. The molecule has 0 radical (unpaired) electrons. The van der Waals surface area contributed by atoms with Gasteiger partial charge >= 0.3 is 0 Å². The zero-order valence-electron chi connectivity index (χ0n) is 12.8. The van der Waals surface area contributed by atoms with E-state index in [1.807, 2.05) is 0 Å². The lowest BCUT2D eigenvalue weighted by molar-refractivity contribution is -0.125. The first-order valence-electron chi connectivity index (χ1n) is 7.05. The van der Waals surface area contributed by atoms with Crippen molar-refractivity contribution < 1.29 is 18.4 Å². The van der Waals surface area contributed by atoms with Crippen LogP contribution in [0.1, 0.15) is 5.56 Å². The smallest absolute Gasteiger partial charge is 0.262 e. The highest BCUT2D eigenvalue weighted by Crippen LogP contribution is 2.20. The van der Waals surface area contributed by atoms with E-state index < -0.39 is 23.4 Å². The van der Waals surface area contributed by atoms with Crippen molar-refractivity contribution >= 4 is 45.6 Å². The fourth-order valence-corrected chi connectivity index (χ4v) is 2.84. The van der Waals surface area contributed by atoms with Crippen LogP contribution < -0.4 is 10.9 Å². The third-order valence-corrected chi connectivity index (χ3v) is 4.43. The van der Waals surface area contributed by atoms with Gasteiger partial charge in [0.25, 0.3) is 5.91 Å². The molecule has 130 valence electrons. The third-order valence-electron chi connectivity index (χ3n) is 2.89. The predicted octanol–water partition coefficient (Wildman–Crippen LogP) is 3.68. The normalized spacial score (nSPS) is 10.7. The summed E-state index contributed by atoms with van der Waals surface area (Å²) >= 11 is 4.22. The van der Waals surface area contributed by atoms with E-state index in [0.717, 1.165) is 17.8 Å². The second-order valence-electron chi connectivity index (χ2n) is 4.76. The van der Waals surface area contributed by atoms with Crippen molar-refractivity contribution in [2.24, 2.45) is 0 Å². The van der Waals surface area contributed by atoms with Gasteiger partial charge in [0, 0.05) is 21.0 Å². The number of hydrogen-bond donors (Lipinski definition) is 2. The Balaban J connectivity index is 1.79. The molecule has 0 unspecified atom stereocenters. The molecule has 0 fully saturated rings. The molecule has 0 atom stereocenters. The molecule has 0 aromatic heterocycles. The fourth-order valence-electron chi connectivity index (χ4n) is 1.72. The fraction of sp³-hybridized carbons (Fsp3) is 0.0588. The minimum Gasteiger partial charge on any atom is -0.272 e. The van der Waals surface area contributed by atoms with Crippen LogP contribution in [0.3, 0.4) is 0 Å². The molecule has 2 rings (SSSR count). The number of thioether (sulfide) groups is 1. The largest absolute Gasteiger partial charge is 0.272 e. The Morgan fingerprint density at radius 2 is 1.84 bits per heavy atom. The lowest BCUT2D eigenvalue weighted by Gasteiger charge is -2.06. The molecule has 0 aliphatic carbocycles. The van der Waals surface area contributed by atoms with E-state index in [1.165, 1.54) is 24.3 Å². The lowest BCUT2D eigenvalue weighted by Crippen LogP contribution is -2.41. The highest BCUT2D eigenvalue weighted by Gasteiger charge is 2.07. The van der Waals surface area contributed by atoms with Crippen molar-refractivity contribution in [2.75, 3.05) is 5.75 Å². The lowest BCUT2D eigenvalue weighted by atomic mass is 10.2. The van der Waals surface area contributed by atoms with Crippen LogP contribution in [-0.2, 0) is 9.59 Å². The number of nitrogens with one attached hydrogen (secondary N) is 2. The molecule has 2 N–H and O–H groups in total. The van der Waals surface area contributed by atoms with E-state index in [2.05, 4.69) is 26.8 Å². The molecule has 0 aliphatic heterocycles. The van der Waals surface area contributed by atoms with Gasteiger partial charge in [0.2, 0.25) is 5.91 Å². The first kappa shape index (κ1) is 19.1. The molecule has 25 heavy (non-hydrogen) atoms. The Hall–Kier alpha value is -2.19. The quantitative estimate of drug-likeness (QED) is 0.435. The molecule has 2 amide bonds. The minimum atomic E-state index is -0.622. The van der Waals surface area contributed by atoms with E-state index in [4.69, 9.17) is 0 Å². The molecule has 0 heterocycles. The van der Waals surface area contributed by atoms with E-state index in [9.17, 15) is 18.4 Å². The molecule has 0 bridgehead atoms. The Bertz CT molecular complexity index is 815. The van der Waals surface area contributed by atoms with Gasteiger partial charge < -0.3 is 0 Å². The molecular weight excluding hydrogens is 414 g/mol. The molecule has 4 nitrogen and oxygen atoms in total. The summed E-state index contributed by atoms with van der Waals surface area (Å²) in [5.41, 5.74) is 4.60. The predicted molar refractivity (Wildman–Crippen MR) is 96.5 cm³/mol. The number of hydrazine groups is 1. The van der Waals surface area contributed by atoms with Crippen LogP contribution in [0.5, 0.6) is 0 Å². The SMILES string of the molecule is O=C(/C=C/c1cc(Br)ccc1F)NNC(=O)CSc1ccccc1F. The van der Waals surface area contributed by atoms with Gasteiger partial charge in [0.1, 0.15) is 11.6 Å². The van der Waals surface area contributed by atoms with Crippen LogP contribution in [0.4, 0.5) is 8.78 Å². The Kier molecular flexibility index (Phi) is 7.15. The van der Waals surface area contributed by atoms with Crippen molar-refractivity contribution in [3.8, 4) is 0 Å². The summed E-state index contributed by atoms with van der Waals surface area (Å²) in [7, 11) is 0. The van der Waals surface area contributed by atoms with Gasteiger partial charge in [-0.3, -0.25) is 20.4 Å². The van der Waals surface area contributed by atoms with Gasteiger partial charge in [-0.1, -0.05) is 28.1 Å². The third kappa shape index (κ3) is 6.32. The first-order chi connectivity index (χ1) is 12.0. The molecule has 2 aromatic carbocycles. The van der Waals surface area contributed by atoms with Gasteiger partial charge in [0.15, 0.2) is 0 Å². The van der Waals surface area contributed by atoms with E-state index >= 15 is 0 Å². The molecular formula is C17H13BrF2N2O2S. The summed E-state index contributed by atoms with van der Waals surface area (Å²) in [5, 5.41) is 0. The summed E-state index contributed by atoms with van der Waals surface area (Å²) in [6.07, 6.45) is 2.38. The zero-order valence-corrected chi connectivity index (χ0v) is 15.2. The van der Waals surface area contributed by atoms with Crippen molar-refractivity contribution in [1.82, 2.24) is 10.9 Å². The van der Waals surface area contributed by atoms with Gasteiger partial charge in [-0.15, -0.1) is 11.8 Å². The van der Waals surface area contributed by atoms with E-state index in [-0.39, 0.29) is 11.3 Å². The zero-order chi connectivity index (χ0) is 18.2. The Morgan fingerprint density at radius 1 is 1.08 bits per heavy atom. The van der Waals surface area contributed by atoms with Gasteiger partial charge in [-0.05, 0) is 36.4 Å². The maximum absolute atomic E-state index is 13.5. The molecule has 0 saturated carbocycles. The van der Waals surface area contributed by atoms with E-state index in [0.29, 0.717) is 9.37 Å². The second-order valence-corrected chi connectivity index (χ2v) is 6.69. The average molecular weight is 427 g/mol. The maximum atomic E-state index is 13.5. The number of carbonyl (C=O) groups excluding carboxylic acids is 2. The van der Waals surface area contributed by atoms with E-state index in [1.54, 1.807) is 24.3 Å². The molecule has 2 aromatic rings. The second kappa shape index (κ2) is 9.33. The minimum absolute atomic E-state index is 0.0643. The number of carbonyl (C=O) groups is 2. The van der Waals surface area contributed by atoms with Crippen LogP contribution in [0.15, 0.2) is 57.9 Å². The Labute approximate surface area is 155 Å². The maximum Gasteiger partial charge on any atom is 0.262 e. The monoisotopic (exact) mass is 426 g/mol. The molecule has 8 heteroatoms. The number of amides is 2. The number of benzene rings is 2.